The molecule has 162 valence electrons. The van der Waals surface area contributed by atoms with Gasteiger partial charge < -0.3 is 15.4 Å². The number of nitrogens with one attached hydrogen (secondary N) is 2. The lowest BCUT2D eigenvalue weighted by Gasteiger charge is -2.16. The van der Waals surface area contributed by atoms with Crippen LogP contribution in [0, 0.1) is 12.8 Å². The molecule has 0 radical (unpaired) electrons. The summed E-state index contributed by atoms with van der Waals surface area (Å²) in [4.78, 5) is 32.3. The summed E-state index contributed by atoms with van der Waals surface area (Å²) in [5, 5.41) is 5.40. The minimum Gasteiger partial charge on any atom is -0.468 e. The third-order valence-corrected chi connectivity index (χ3v) is 4.07. The number of carbonyl (C=O) groups excluding carboxylic acids is 2. The molecule has 30 heavy (non-hydrogen) atoms. The summed E-state index contributed by atoms with van der Waals surface area (Å²) in [7, 11) is 0. The van der Waals surface area contributed by atoms with Crippen molar-refractivity contribution in [3.05, 3.63) is 47.3 Å². The van der Waals surface area contributed by atoms with E-state index >= 15 is 0 Å². The second-order valence-electron chi connectivity index (χ2n) is 7.06. The fourth-order valence-electron chi connectivity index (χ4n) is 2.40. The van der Waals surface area contributed by atoms with Gasteiger partial charge in [-0.1, -0.05) is 13.8 Å². The fourth-order valence-corrected chi connectivity index (χ4v) is 2.40. The summed E-state index contributed by atoms with van der Waals surface area (Å²) in [6.45, 7) is 5.34. The molecule has 0 spiro atoms. The SMILES string of the molecule is Cc1cc(C(C)NC(=O)c2ccnc(NC(=O)C(C)C)c2)cnc1OCC(F)(F)F. The van der Waals surface area contributed by atoms with Crippen molar-refractivity contribution in [2.75, 3.05) is 11.9 Å². The maximum atomic E-state index is 12.5. The monoisotopic (exact) mass is 424 g/mol. The van der Waals surface area contributed by atoms with Crippen molar-refractivity contribution in [2.45, 2.75) is 39.9 Å². The molecular formula is C20H23F3N4O3. The Morgan fingerprint density at radius 1 is 1.17 bits per heavy atom. The number of aryl methyl sites for hydroxylation is 1. The summed E-state index contributed by atoms with van der Waals surface area (Å²) in [6.07, 6.45) is -1.69. The molecule has 0 saturated heterocycles. The normalized spacial score (nSPS) is 12.4. The molecular weight excluding hydrogens is 401 g/mol. The zero-order valence-corrected chi connectivity index (χ0v) is 17.0. The third kappa shape index (κ3) is 6.71. The summed E-state index contributed by atoms with van der Waals surface area (Å²) in [5.74, 6) is -0.710. The van der Waals surface area contributed by atoms with Gasteiger partial charge in [0, 0.05) is 29.4 Å². The van der Waals surface area contributed by atoms with Crippen molar-refractivity contribution >= 4 is 17.6 Å². The van der Waals surface area contributed by atoms with Gasteiger partial charge in [-0.2, -0.15) is 13.2 Å². The Hall–Kier alpha value is -3.17. The standard InChI is InChI=1S/C20H23F3N4O3/c1-11(2)17(28)27-16-8-14(5-6-24-16)18(29)26-13(4)15-7-12(3)19(25-9-15)30-10-20(21,22)23/h5-9,11,13H,10H2,1-4H3,(H,26,29)(H,24,27,28). The highest BCUT2D eigenvalue weighted by Crippen LogP contribution is 2.23. The maximum absolute atomic E-state index is 12.5. The smallest absolute Gasteiger partial charge is 0.422 e. The summed E-state index contributed by atoms with van der Waals surface area (Å²) in [6, 6.07) is 4.09. The van der Waals surface area contributed by atoms with Crippen LogP contribution >= 0.6 is 0 Å². The molecule has 10 heteroatoms. The zero-order chi connectivity index (χ0) is 22.5. The predicted molar refractivity (Wildman–Crippen MR) is 104 cm³/mol. The summed E-state index contributed by atoms with van der Waals surface area (Å²) >= 11 is 0. The average Bonchev–Trinajstić information content (AvgIpc) is 2.66. The predicted octanol–water partition coefficient (Wildman–Crippen LogP) is 3.81. The van der Waals surface area contributed by atoms with E-state index in [4.69, 9.17) is 0 Å². The average molecular weight is 424 g/mol. The lowest BCUT2D eigenvalue weighted by Crippen LogP contribution is -2.27. The van der Waals surface area contributed by atoms with Crippen molar-refractivity contribution in [1.82, 2.24) is 15.3 Å². The van der Waals surface area contributed by atoms with Gasteiger partial charge in [-0.05, 0) is 37.6 Å². The molecule has 2 aromatic heterocycles. The van der Waals surface area contributed by atoms with Gasteiger partial charge in [-0.3, -0.25) is 9.59 Å². The van der Waals surface area contributed by atoms with Crippen LogP contribution in [0.3, 0.4) is 0 Å². The van der Waals surface area contributed by atoms with Crippen LogP contribution in [0.25, 0.3) is 0 Å². The fraction of sp³-hybridized carbons (Fsp3) is 0.400. The van der Waals surface area contributed by atoms with Gasteiger partial charge in [0.1, 0.15) is 5.82 Å². The first-order valence-corrected chi connectivity index (χ1v) is 9.20. The summed E-state index contributed by atoms with van der Waals surface area (Å²) in [5.41, 5.74) is 1.31. The first kappa shape index (κ1) is 23.1. The van der Waals surface area contributed by atoms with E-state index in [0.717, 1.165) is 0 Å². The number of nitrogens with zero attached hydrogens (tertiary/aromatic N) is 2. The van der Waals surface area contributed by atoms with Crippen LogP contribution in [0.5, 0.6) is 5.88 Å². The van der Waals surface area contributed by atoms with E-state index in [9.17, 15) is 22.8 Å². The van der Waals surface area contributed by atoms with Gasteiger partial charge in [0.15, 0.2) is 6.61 Å². The largest absolute Gasteiger partial charge is 0.468 e. The number of anilines is 1. The third-order valence-electron chi connectivity index (χ3n) is 4.07. The molecule has 0 saturated carbocycles. The van der Waals surface area contributed by atoms with Crippen molar-refractivity contribution in [3.63, 3.8) is 0 Å². The number of alkyl halides is 3. The Morgan fingerprint density at radius 3 is 2.47 bits per heavy atom. The molecule has 0 fully saturated rings. The molecule has 2 aromatic rings. The van der Waals surface area contributed by atoms with Crippen molar-refractivity contribution in [1.29, 1.82) is 0 Å². The van der Waals surface area contributed by atoms with E-state index < -0.39 is 24.7 Å². The highest BCUT2D eigenvalue weighted by atomic mass is 19.4. The van der Waals surface area contributed by atoms with Gasteiger partial charge in [0.25, 0.3) is 5.91 Å². The quantitative estimate of drug-likeness (QED) is 0.705. The number of carbonyl (C=O) groups is 2. The van der Waals surface area contributed by atoms with Gasteiger partial charge in [-0.25, -0.2) is 9.97 Å². The number of hydrogen-bond acceptors (Lipinski definition) is 5. The Labute approximate surface area is 172 Å². The lowest BCUT2D eigenvalue weighted by atomic mass is 10.1. The Kier molecular flexibility index (Phi) is 7.36. The lowest BCUT2D eigenvalue weighted by molar-refractivity contribution is -0.154. The molecule has 0 aliphatic heterocycles. The number of halogens is 3. The molecule has 0 aliphatic carbocycles. The van der Waals surface area contributed by atoms with E-state index in [-0.39, 0.29) is 23.5 Å². The van der Waals surface area contributed by atoms with Gasteiger partial charge >= 0.3 is 6.18 Å². The molecule has 0 aliphatic rings. The van der Waals surface area contributed by atoms with Crippen LogP contribution in [0.15, 0.2) is 30.6 Å². The van der Waals surface area contributed by atoms with E-state index in [0.29, 0.717) is 16.7 Å². The number of hydrogen-bond donors (Lipinski definition) is 2. The van der Waals surface area contributed by atoms with E-state index in [1.54, 1.807) is 33.8 Å². The Balaban J connectivity index is 2.05. The molecule has 7 nitrogen and oxygen atoms in total. The molecule has 2 N–H and O–H groups in total. The van der Waals surface area contributed by atoms with Crippen molar-refractivity contribution in [3.8, 4) is 5.88 Å². The molecule has 2 amide bonds. The number of ether oxygens (including phenoxy) is 1. The van der Waals surface area contributed by atoms with E-state index in [2.05, 4.69) is 25.3 Å². The van der Waals surface area contributed by atoms with Crippen molar-refractivity contribution in [2.24, 2.45) is 5.92 Å². The second kappa shape index (κ2) is 9.55. The van der Waals surface area contributed by atoms with Crippen molar-refractivity contribution < 1.29 is 27.5 Å². The molecule has 0 aromatic carbocycles. The number of amides is 2. The van der Waals surface area contributed by atoms with Gasteiger partial charge in [0.2, 0.25) is 11.8 Å². The Morgan fingerprint density at radius 2 is 1.87 bits per heavy atom. The molecule has 0 bridgehead atoms. The van der Waals surface area contributed by atoms with Crippen LogP contribution in [-0.2, 0) is 4.79 Å². The minimum atomic E-state index is -4.45. The number of rotatable bonds is 7. The Bertz CT molecular complexity index is 916. The molecule has 2 rings (SSSR count). The second-order valence-corrected chi connectivity index (χ2v) is 7.06. The van der Waals surface area contributed by atoms with Gasteiger partial charge in [-0.15, -0.1) is 0 Å². The highest BCUT2D eigenvalue weighted by Gasteiger charge is 2.29. The van der Waals surface area contributed by atoms with Crippen LogP contribution in [-0.4, -0.2) is 34.6 Å². The van der Waals surface area contributed by atoms with E-state index in [1.807, 2.05) is 0 Å². The highest BCUT2D eigenvalue weighted by molar-refractivity contribution is 5.97. The topological polar surface area (TPSA) is 93.2 Å². The molecule has 2 heterocycles. The first-order chi connectivity index (χ1) is 14.0. The first-order valence-electron chi connectivity index (χ1n) is 9.20. The van der Waals surface area contributed by atoms with Crippen LogP contribution in [0.4, 0.5) is 19.0 Å². The van der Waals surface area contributed by atoms with Crippen LogP contribution < -0.4 is 15.4 Å². The zero-order valence-electron chi connectivity index (χ0n) is 17.0. The molecule has 1 unspecified atom stereocenters. The minimum absolute atomic E-state index is 0.116. The van der Waals surface area contributed by atoms with Crippen LogP contribution in [0.2, 0.25) is 0 Å². The van der Waals surface area contributed by atoms with Gasteiger partial charge in [0.05, 0.1) is 6.04 Å². The van der Waals surface area contributed by atoms with Crippen LogP contribution in [0.1, 0.15) is 48.3 Å². The number of aromatic nitrogens is 2. The maximum Gasteiger partial charge on any atom is 0.422 e. The number of pyridine rings is 2. The molecule has 1 atom stereocenters. The summed E-state index contributed by atoms with van der Waals surface area (Å²) < 4.78 is 41.6. The van der Waals surface area contributed by atoms with E-state index in [1.165, 1.54) is 24.5 Å².